The van der Waals surface area contributed by atoms with Crippen molar-refractivity contribution in [3.8, 4) is 0 Å². The van der Waals surface area contributed by atoms with Crippen molar-refractivity contribution in [2.75, 3.05) is 39.5 Å². The van der Waals surface area contributed by atoms with E-state index in [4.69, 9.17) is 0 Å². The molecule has 0 aromatic heterocycles. The second-order valence-corrected chi connectivity index (χ2v) is 8.09. The zero-order valence-corrected chi connectivity index (χ0v) is 16.6. The van der Waals surface area contributed by atoms with E-state index in [1.165, 1.54) is 4.90 Å². The minimum absolute atomic E-state index is 0.209. The van der Waals surface area contributed by atoms with E-state index in [1.807, 2.05) is 24.1 Å². The largest absolute Gasteiger partial charge is 0.342 e. The summed E-state index contributed by atoms with van der Waals surface area (Å²) >= 11 is 1.70. The molecule has 0 bridgehead atoms. The van der Waals surface area contributed by atoms with Gasteiger partial charge in [0.15, 0.2) is 0 Å². The summed E-state index contributed by atoms with van der Waals surface area (Å²) < 4.78 is 0. The van der Waals surface area contributed by atoms with Gasteiger partial charge in [-0.15, -0.1) is 11.8 Å². The molecule has 1 N–H and O–H groups in total. The van der Waals surface area contributed by atoms with Crippen molar-refractivity contribution >= 4 is 23.6 Å². The van der Waals surface area contributed by atoms with Gasteiger partial charge in [0, 0.05) is 43.5 Å². The van der Waals surface area contributed by atoms with E-state index in [1.54, 1.807) is 11.8 Å². The first-order chi connectivity index (χ1) is 12.6. The van der Waals surface area contributed by atoms with Crippen molar-refractivity contribution in [3.05, 3.63) is 29.8 Å². The number of benzene rings is 1. The molecule has 0 radical (unpaired) electrons. The molecule has 2 aliphatic rings. The van der Waals surface area contributed by atoms with Crippen LogP contribution in [0.1, 0.15) is 24.8 Å². The number of nitrogens with one attached hydrogen (secondary N) is 1. The molecule has 6 heteroatoms. The Kier molecular flexibility index (Phi) is 6.59. The van der Waals surface area contributed by atoms with E-state index < -0.39 is 0 Å². The quantitative estimate of drug-likeness (QED) is 0.773. The molecule has 1 aromatic rings. The predicted molar refractivity (Wildman–Crippen MR) is 105 cm³/mol. The fourth-order valence-electron chi connectivity index (χ4n) is 4.17. The minimum atomic E-state index is 0.209. The average Bonchev–Trinajstić information content (AvgIpc) is 2.67. The number of likely N-dealkylation sites (tertiary alicyclic amines) is 2. The molecule has 2 atom stereocenters. The number of rotatable bonds is 6. The van der Waals surface area contributed by atoms with Gasteiger partial charge in [-0.2, -0.15) is 0 Å². The highest BCUT2D eigenvalue weighted by Gasteiger charge is 2.39. The van der Waals surface area contributed by atoms with Crippen LogP contribution < -0.4 is 5.32 Å². The monoisotopic (exact) mass is 375 g/mol. The lowest BCUT2D eigenvalue weighted by Crippen LogP contribution is -2.57. The maximum Gasteiger partial charge on any atom is 0.227 e. The number of carbonyl (C=O) groups excluding carboxylic acids is 2. The van der Waals surface area contributed by atoms with Crippen molar-refractivity contribution in [1.29, 1.82) is 0 Å². The van der Waals surface area contributed by atoms with Crippen LogP contribution in [0.25, 0.3) is 0 Å². The predicted octanol–water partition coefficient (Wildman–Crippen LogP) is 2.01. The van der Waals surface area contributed by atoms with Gasteiger partial charge >= 0.3 is 0 Å². The van der Waals surface area contributed by atoms with E-state index >= 15 is 0 Å². The third-order valence-corrected chi connectivity index (χ3v) is 6.31. The lowest BCUT2D eigenvalue weighted by Gasteiger charge is -2.47. The number of nitrogens with zero attached hydrogens (tertiary/aromatic N) is 2. The summed E-state index contributed by atoms with van der Waals surface area (Å²) in [5, 5.41) is 3.13. The molecule has 0 saturated carbocycles. The Morgan fingerprint density at radius 3 is 2.96 bits per heavy atom. The molecule has 5 nitrogen and oxygen atoms in total. The van der Waals surface area contributed by atoms with E-state index in [9.17, 15) is 9.59 Å². The molecule has 2 heterocycles. The van der Waals surface area contributed by atoms with Gasteiger partial charge < -0.3 is 15.1 Å². The summed E-state index contributed by atoms with van der Waals surface area (Å²) in [7, 11) is 1.92. The lowest BCUT2D eigenvalue weighted by atomic mass is 9.83. The van der Waals surface area contributed by atoms with Crippen LogP contribution in [0.4, 0.5) is 0 Å². The molecule has 2 saturated heterocycles. The van der Waals surface area contributed by atoms with Gasteiger partial charge in [-0.1, -0.05) is 12.1 Å². The molecule has 26 heavy (non-hydrogen) atoms. The van der Waals surface area contributed by atoms with E-state index in [2.05, 4.69) is 28.6 Å². The van der Waals surface area contributed by atoms with Gasteiger partial charge in [0.25, 0.3) is 0 Å². The van der Waals surface area contributed by atoms with Gasteiger partial charge in [0.05, 0.1) is 6.42 Å². The summed E-state index contributed by atoms with van der Waals surface area (Å²) in [5.41, 5.74) is 1.08. The Bertz CT molecular complexity index is 652. The van der Waals surface area contributed by atoms with Crippen molar-refractivity contribution in [1.82, 2.24) is 15.1 Å². The fourth-order valence-corrected chi connectivity index (χ4v) is 4.65. The first-order valence-corrected chi connectivity index (χ1v) is 10.7. The van der Waals surface area contributed by atoms with Crippen LogP contribution in [-0.4, -0.2) is 67.1 Å². The molecule has 3 rings (SSSR count). The maximum absolute atomic E-state index is 12.8. The van der Waals surface area contributed by atoms with Crippen molar-refractivity contribution in [3.63, 3.8) is 0 Å². The van der Waals surface area contributed by atoms with Crippen LogP contribution in [-0.2, 0) is 16.0 Å². The summed E-state index contributed by atoms with van der Waals surface area (Å²) in [5.74, 6) is 0.898. The number of hydrogen-bond donors (Lipinski definition) is 1. The minimum Gasteiger partial charge on any atom is -0.342 e. The van der Waals surface area contributed by atoms with E-state index in [-0.39, 0.29) is 11.8 Å². The van der Waals surface area contributed by atoms with Gasteiger partial charge in [-0.3, -0.25) is 9.59 Å². The van der Waals surface area contributed by atoms with Gasteiger partial charge in [0.2, 0.25) is 11.8 Å². The fraction of sp³-hybridized carbons (Fsp3) is 0.600. The van der Waals surface area contributed by atoms with Crippen LogP contribution in [0.3, 0.4) is 0 Å². The van der Waals surface area contributed by atoms with Gasteiger partial charge in [-0.05, 0) is 49.8 Å². The van der Waals surface area contributed by atoms with Crippen LogP contribution in [0.2, 0.25) is 0 Å². The molecule has 1 aromatic carbocycles. The summed E-state index contributed by atoms with van der Waals surface area (Å²) in [6, 6.07) is 8.53. The van der Waals surface area contributed by atoms with Crippen LogP contribution in [0.5, 0.6) is 0 Å². The van der Waals surface area contributed by atoms with Crippen LogP contribution in [0, 0.1) is 5.92 Å². The molecule has 142 valence electrons. The Labute approximate surface area is 160 Å². The van der Waals surface area contributed by atoms with Crippen LogP contribution in [0.15, 0.2) is 29.2 Å². The third-order valence-electron chi connectivity index (χ3n) is 5.59. The molecule has 0 aliphatic carbocycles. The normalized spacial score (nSPS) is 23.1. The number of fused-ring (bicyclic) bond motifs is 1. The Morgan fingerprint density at radius 1 is 1.35 bits per heavy atom. The molecule has 0 unspecified atom stereocenters. The number of amides is 2. The van der Waals surface area contributed by atoms with E-state index in [0.29, 0.717) is 24.8 Å². The van der Waals surface area contributed by atoms with Gasteiger partial charge in [0.1, 0.15) is 0 Å². The number of thioether (sulfide) groups is 1. The smallest absolute Gasteiger partial charge is 0.227 e. The lowest BCUT2D eigenvalue weighted by molar-refractivity contribution is -0.143. The van der Waals surface area contributed by atoms with Crippen molar-refractivity contribution in [2.24, 2.45) is 5.92 Å². The van der Waals surface area contributed by atoms with Gasteiger partial charge in [-0.25, -0.2) is 0 Å². The summed E-state index contributed by atoms with van der Waals surface area (Å²) in [6.45, 7) is 3.13. The highest BCUT2D eigenvalue weighted by molar-refractivity contribution is 7.98. The Hall–Kier alpha value is -1.53. The molecule has 0 spiro atoms. The topological polar surface area (TPSA) is 52.7 Å². The average molecular weight is 376 g/mol. The van der Waals surface area contributed by atoms with E-state index in [0.717, 1.165) is 44.6 Å². The molecule has 2 aliphatic heterocycles. The summed E-state index contributed by atoms with van der Waals surface area (Å²) in [4.78, 5) is 30.3. The number of hydrogen-bond acceptors (Lipinski definition) is 4. The Morgan fingerprint density at radius 2 is 2.19 bits per heavy atom. The van der Waals surface area contributed by atoms with Crippen molar-refractivity contribution < 1.29 is 9.59 Å². The highest BCUT2D eigenvalue weighted by atomic mass is 32.2. The number of piperidine rings is 2. The molecular weight excluding hydrogens is 346 g/mol. The second-order valence-electron chi connectivity index (χ2n) is 7.21. The highest BCUT2D eigenvalue weighted by Crippen LogP contribution is 2.31. The molecular formula is C20H29N3O2S. The summed E-state index contributed by atoms with van der Waals surface area (Å²) in [6.07, 6.45) is 4.94. The Balaban J connectivity index is 1.60. The maximum atomic E-state index is 12.8. The molecule has 2 fully saturated rings. The third kappa shape index (κ3) is 4.41. The number of likely N-dealkylation sites (N-methyl/N-ethyl adjacent to an activating group) is 1. The SMILES string of the molecule is CNCCN1C(=O)CC[C@H]2CN(C(=O)Cc3cccc(SC)c3)CC[C@H]21. The van der Waals surface area contributed by atoms with Crippen molar-refractivity contribution in [2.45, 2.75) is 36.6 Å². The standard InChI is InChI=1S/C20H29N3O2S/c1-21-9-11-23-18-8-10-22(14-16(18)6-7-19(23)24)20(25)13-15-4-3-5-17(12-15)26-2/h3-5,12,16,18,21H,6-11,13-14H2,1-2H3/t16-,18+/m0/s1. The molecule has 2 amide bonds. The first kappa shape index (κ1) is 19.2. The first-order valence-electron chi connectivity index (χ1n) is 9.47. The zero-order valence-electron chi connectivity index (χ0n) is 15.7. The number of carbonyl (C=O) groups is 2. The second kappa shape index (κ2) is 8.91. The van der Waals surface area contributed by atoms with Crippen LogP contribution >= 0.6 is 11.8 Å². The zero-order chi connectivity index (χ0) is 18.5.